The summed E-state index contributed by atoms with van der Waals surface area (Å²) in [7, 11) is 0. The molecule has 0 bridgehead atoms. The molecule has 3 atom stereocenters. The quantitative estimate of drug-likeness (QED) is 0.901. The van der Waals surface area contributed by atoms with E-state index in [1.165, 1.54) is 0 Å². The van der Waals surface area contributed by atoms with Gasteiger partial charge in [-0.2, -0.15) is 0 Å². The minimum Gasteiger partial charge on any atom is -0.394 e. The van der Waals surface area contributed by atoms with Crippen molar-refractivity contribution >= 4 is 21.6 Å². The summed E-state index contributed by atoms with van der Waals surface area (Å²) in [6, 6.07) is 6.12. The van der Waals surface area contributed by atoms with Gasteiger partial charge in [-0.1, -0.05) is 22.9 Å². The molecule has 3 nitrogen and oxygen atoms in total. The number of nitrogens with zero attached hydrogens (tertiary/aromatic N) is 1. The molecule has 2 rings (SSSR count). The van der Waals surface area contributed by atoms with Crippen LogP contribution in [0.25, 0.3) is 0 Å². The Kier molecular flexibility index (Phi) is 4.30. The van der Waals surface area contributed by atoms with E-state index in [1.807, 2.05) is 18.2 Å². The lowest BCUT2D eigenvalue weighted by Crippen LogP contribution is -2.35. The van der Waals surface area contributed by atoms with Crippen molar-refractivity contribution in [3.8, 4) is 0 Å². The van der Waals surface area contributed by atoms with Gasteiger partial charge in [-0.25, -0.2) is 0 Å². The van der Waals surface area contributed by atoms with Crippen molar-refractivity contribution in [1.82, 2.24) is 0 Å². The number of hydrogen-bond donors (Lipinski definition) is 2. The summed E-state index contributed by atoms with van der Waals surface area (Å²) in [5.41, 5.74) is 1.95. The third-order valence-corrected chi connectivity index (χ3v) is 4.31. The molecule has 0 amide bonds. The summed E-state index contributed by atoms with van der Waals surface area (Å²) < 4.78 is 0.968. The number of hydrogen-bond acceptors (Lipinski definition) is 3. The standard InChI is InChI=1S/C14H20BrNO2/c1-9-5-6-16(14(9)8-17)13-4-3-11(15)7-12(13)10(2)18/h3-4,7,9-10,14,17-18H,5-6,8H2,1-2H3. The molecular weight excluding hydrogens is 294 g/mol. The molecule has 2 N–H and O–H groups in total. The van der Waals surface area contributed by atoms with E-state index in [-0.39, 0.29) is 12.6 Å². The fourth-order valence-corrected chi connectivity index (χ4v) is 3.09. The normalized spacial score (nSPS) is 25.5. The molecule has 1 aliphatic heterocycles. The van der Waals surface area contributed by atoms with E-state index in [2.05, 4.69) is 27.8 Å². The fourth-order valence-electron chi connectivity index (χ4n) is 2.71. The van der Waals surface area contributed by atoms with Crippen LogP contribution in [0.2, 0.25) is 0 Å². The van der Waals surface area contributed by atoms with Gasteiger partial charge in [0.25, 0.3) is 0 Å². The Morgan fingerprint density at radius 2 is 2.22 bits per heavy atom. The maximum Gasteiger partial charge on any atom is 0.0782 e. The zero-order valence-corrected chi connectivity index (χ0v) is 12.4. The number of halogens is 1. The Hall–Kier alpha value is -0.580. The van der Waals surface area contributed by atoms with Crippen LogP contribution in [0.4, 0.5) is 5.69 Å². The summed E-state index contributed by atoms with van der Waals surface area (Å²) in [4.78, 5) is 2.22. The lowest BCUT2D eigenvalue weighted by molar-refractivity contribution is 0.198. The molecule has 18 heavy (non-hydrogen) atoms. The third-order valence-electron chi connectivity index (χ3n) is 3.82. The van der Waals surface area contributed by atoms with Gasteiger partial charge in [0, 0.05) is 22.3 Å². The number of rotatable bonds is 3. The topological polar surface area (TPSA) is 43.7 Å². The molecule has 0 saturated carbocycles. The first-order valence-corrected chi connectivity index (χ1v) is 7.19. The Labute approximate surface area is 117 Å². The molecule has 0 aliphatic carbocycles. The highest BCUT2D eigenvalue weighted by atomic mass is 79.9. The van der Waals surface area contributed by atoms with Crippen LogP contribution in [0.5, 0.6) is 0 Å². The lowest BCUT2D eigenvalue weighted by Gasteiger charge is -2.30. The Morgan fingerprint density at radius 3 is 2.83 bits per heavy atom. The predicted octanol–water partition coefficient (Wildman–Crippen LogP) is 2.71. The second kappa shape index (κ2) is 5.59. The lowest BCUT2D eigenvalue weighted by atomic mass is 10.0. The second-order valence-electron chi connectivity index (χ2n) is 5.09. The van der Waals surface area contributed by atoms with E-state index in [9.17, 15) is 10.2 Å². The van der Waals surface area contributed by atoms with Crippen LogP contribution in [0, 0.1) is 5.92 Å². The van der Waals surface area contributed by atoms with Crippen molar-refractivity contribution in [1.29, 1.82) is 0 Å². The number of anilines is 1. The van der Waals surface area contributed by atoms with Gasteiger partial charge in [-0.3, -0.25) is 0 Å². The average molecular weight is 314 g/mol. The molecule has 1 saturated heterocycles. The van der Waals surface area contributed by atoms with Crippen LogP contribution >= 0.6 is 15.9 Å². The first-order chi connectivity index (χ1) is 8.54. The highest BCUT2D eigenvalue weighted by Crippen LogP contribution is 2.35. The minimum atomic E-state index is -0.507. The van der Waals surface area contributed by atoms with Gasteiger partial charge in [-0.15, -0.1) is 0 Å². The largest absolute Gasteiger partial charge is 0.394 e. The monoisotopic (exact) mass is 313 g/mol. The van der Waals surface area contributed by atoms with Crippen LogP contribution in [-0.2, 0) is 0 Å². The van der Waals surface area contributed by atoms with Crippen LogP contribution in [0.1, 0.15) is 31.9 Å². The van der Waals surface area contributed by atoms with Crippen molar-refractivity contribution in [2.24, 2.45) is 5.92 Å². The van der Waals surface area contributed by atoms with Gasteiger partial charge >= 0.3 is 0 Å². The molecule has 0 spiro atoms. The molecule has 0 radical (unpaired) electrons. The van der Waals surface area contributed by atoms with Crippen LogP contribution in [0.3, 0.4) is 0 Å². The summed E-state index contributed by atoms with van der Waals surface area (Å²) in [5, 5.41) is 19.4. The van der Waals surface area contributed by atoms with Gasteiger partial charge in [0.2, 0.25) is 0 Å². The zero-order valence-electron chi connectivity index (χ0n) is 10.8. The summed E-state index contributed by atoms with van der Waals surface area (Å²) >= 11 is 3.44. The number of aliphatic hydroxyl groups excluding tert-OH is 2. The summed E-state index contributed by atoms with van der Waals surface area (Å²) in [5.74, 6) is 0.487. The van der Waals surface area contributed by atoms with E-state index in [0.717, 1.165) is 28.7 Å². The van der Waals surface area contributed by atoms with Gasteiger partial charge in [0.05, 0.1) is 18.8 Å². The Bertz CT molecular complexity index is 422. The zero-order chi connectivity index (χ0) is 13.3. The summed E-state index contributed by atoms with van der Waals surface area (Å²) in [6.07, 6.45) is 0.577. The first-order valence-electron chi connectivity index (χ1n) is 6.39. The van der Waals surface area contributed by atoms with Crippen LogP contribution < -0.4 is 4.90 Å². The maximum absolute atomic E-state index is 9.90. The molecular formula is C14H20BrNO2. The van der Waals surface area contributed by atoms with Crippen LogP contribution in [-0.4, -0.2) is 29.4 Å². The van der Waals surface area contributed by atoms with Gasteiger partial charge in [0.15, 0.2) is 0 Å². The fraction of sp³-hybridized carbons (Fsp3) is 0.571. The average Bonchev–Trinajstić information content (AvgIpc) is 2.70. The maximum atomic E-state index is 9.90. The molecule has 1 aromatic carbocycles. The predicted molar refractivity (Wildman–Crippen MR) is 76.8 cm³/mol. The highest BCUT2D eigenvalue weighted by Gasteiger charge is 2.32. The van der Waals surface area contributed by atoms with Crippen LogP contribution in [0.15, 0.2) is 22.7 Å². The van der Waals surface area contributed by atoms with E-state index < -0.39 is 6.10 Å². The second-order valence-corrected chi connectivity index (χ2v) is 6.00. The Balaban J connectivity index is 2.38. The van der Waals surface area contributed by atoms with Gasteiger partial charge in [0.1, 0.15) is 0 Å². The van der Waals surface area contributed by atoms with Crippen molar-refractivity contribution in [2.75, 3.05) is 18.1 Å². The van der Waals surface area contributed by atoms with E-state index in [4.69, 9.17) is 0 Å². The van der Waals surface area contributed by atoms with Gasteiger partial charge in [-0.05, 0) is 37.5 Å². The molecule has 1 heterocycles. The van der Waals surface area contributed by atoms with E-state index in [1.54, 1.807) is 6.92 Å². The molecule has 1 fully saturated rings. The third kappa shape index (κ3) is 2.56. The summed E-state index contributed by atoms with van der Waals surface area (Å²) in [6.45, 7) is 5.05. The van der Waals surface area contributed by atoms with Crippen molar-refractivity contribution < 1.29 is 10.2 Å². The SMILES string of the molecule is CC(O)c1cc(Br)ccc1N1CCC(C)C1CO. The van der Waals surface area contributed by atoms with Gasteiger partial charge < -0.3 is 15.1 Å². The van der Waals surface area contributed by atoms with E-state index in [0.29, 0.717) is 5.92 Å². The number of benzene rings is 1. The smallest absolute Gasteiger partial charge is 0.0782 e. The Morgan fingerprint density at radius 1 is 1.50 bits per heavy atom. The molecule has 4 heteroatoms. The van der Waals surface area contributed by atoms with Crippen molar-refractivity contribution in [3.05, 3.63) is 28.2 Å². The molecule has 1 aromatic rings. The molecule has 3 unspecified atom stereocenters. The molecule has 100 valence electrons. The van der Waals surface area contributed by atoms with Crippen molar-refractivity contribution in [3.63, 3.8) is 0 Å². The molecule has 0 aromatic heterocycles. The molecule has 1 aliphatic rings. The van der Waals surface area contributed by atoms with E-state index >= 15 is 0 Å². The number of aliphatic hydroxyl groups is 2. The first kappa shape index (κ1) is 13.8. The van der Waals surface area contributed by atoms with Crippen molar-refractivity contribution in [2.45, 2.75) is 32.4 Å². The highest BCUT2D eigenvalue weighted by molar-refractivity contribution is 9.10. The minimum absolute atomic E-state index is 0.156.